The van der Waals surface area contributed by atoms with Gasteiger partial charge in [-0.1, -0.05) is 44.5 Å². The molecule has 2 atom stereocenters. The van der Waals surface area contributed by atoms with E-state index in [1.165, 1.54) is 5.57 Å². The van der Waals surface area contributed by atoms with Crippen molar-refractivity contribution in [2.75, 3.05) is 0 Å². The van der Waals surface area contributed by atoms with Gasteiger partial charge in [-0.05, 0) is 45.9 Å². The molecule has 0 spiro atoms. The highest BCUT2D eigenvalue weighted by atomic mass is 16.5. The quantitative estimate of drug-likeness (QED) is 0.598. The molecule has 0 aromatic rings. The number of allylic oxidation sites excluding steroid dienone is 4. The summed E-state index contributed by atoms with van der Waals surface area (Å²) in [6, 6.07) is 0. The van der Waals surface area contributed by atoms with E-state index in [4.69, 9.17) is 4.74 Å². The minimum Gasteiger partial charge on any atom is -0.357 e. The summed E-state index contributed by atoms with van der Waals surface area (Å²) in [7, 11) is 0. The van der Waals surface area contributed by atoms with Gasteiger partial charge in [-0.15, -0.1) is 5.73 Å². The highest BCUT2D eigenvalue weighted by Gasteiger charge is 2.40. The number of rotatable bonds is 0. The molecule has 2 aliphatic heterocycles. The molecule has 4 aliphatic rings. The van der Waals surface area contributed by atoms with Crippen LogP contribution < -0.4 is 0 Å². The van der Waals surface area contributed by atoms with Crippen molar-refractivity contribution in [3.05, 3.63) is 101 Å². The Morgan fingerprint density at radius 1 is 1.10 bits per heavy atom. The molecule has 0 aromatic heterocycles. The molecule has 102 valence electrons. The largest absolute Gasteiger partial charge is 0.357 e. The van der Waals surface area contributed by atoms with E-state index in [1.807, 2.05) is 18.2 Å². The van der Waals surface area contributed by atoms with Crippen molar-refractivity contribution in [1.29, 1.82) is 0 Å². The Kier molecular flexibility index (Phi) is 2.41. The summed E-state index contributed by atoms with van der Waals surface area (Å²) in [6.45, 7) is 16.8. The third-order valence-corrected chi connectivity index (χ3v) is 4.65. The summed E-state index contributed by atoms with van der Waals surface area (Å²) in [6.07, 6.45) is 8.74. The predicted molar refractivity (Wildman–Crippen MR) is 85.7 cm³/mol. The first kappa shape index (κ1) is 12.4. The first-order valence-electron chi connectivity index (χ1n) is 7.09. The molecule has 1 saturated carbocycles. The lowest BCUT2D eigenvalue weighted by Crippen LogP contribution is -2.29. The van der Waals surface area contributed by atoms with Gasteiger partial charge in [0.25, 0.3) is 0 Å². The summed E-state index contributed by atoms with van der Waals surface area (Å²) >= 11 is 0. The molecule has 0 amide bonds. The smallest absolute Gasteiger partial charge is 0.111 e. The molecule has 1 fully saturated rings. The maximum atomic E-state index is 6.33. The molecule has 0 saturated heterocycles. The normalized spacial score (nSPS) is 30.1. The predicted octanol–water partition coefficient (Wildman–Crippen LogP) is 4.27. The summed E-state index contributed by atoms with van der Waals surface area (Å²) < 4.78 is 6.33. The lowest BCUT2D eigenvalue weighted by molar-refractivity contribution is 0.0826. The minimum absolute atomic E-state index is 0.120. The Morgan fingerprint density at radius 2 is 1.90 bits per heavy atom. The SMILES string of the molecule is C=C1C(=C)C2=CC=CC3OC2C2=C(CC=C=C12)C(=C)C3=C. The van der Waals surface area contributed by atoms with Crippen LogP contribution in [0, 0.1) is 0 Å². The second kappa shape index (κ2) is 4.08. The van der Waals surface area contributed by atoms with Crippen molar-refractivity contribution in [1.82, 2.24) is 0 Å². The fourth-order valence-corrected chi connectivity index (χ4v) is 3.40. The fraction of sp³-hybridized carbons (Fsp3) is 0.150. The molecule has 2 unspecified atom stereocenters. The molecule has 2 bridgehead atoms. The van der Waals surface area contributed by atoms with Crippen LogP contribution in [0.25, 0.3) is 0 Å². The van der Waals surface area contributed by atoms with Crippen LogP contribution in [-0.4, -0.2) is 12.2 Å². The van der Waals surface area contributed by atoms with Crippen LogP contribution in [0.5, 0.6) is 0 Å². The van der Waals surface area contributed by atoms with Gasteiger partial charge in [0, 0.05) is 11.1 Å². The lowest BCUT2D eigenvalue weighted by atomic mass is 9.73. The molecule has 2 heterocycles. The Bertz CT molecular complexity index is 801. The Labute approximate surface area is 125 Å². The first-order valence-corrected chi connectivity index (χ1v) is 7.09. The number of hydrogen-bond acceptors (Lipinski definition) is 1. The summed E-state index contributed by atoms with van der Waals surface area (Å²) in [4.78, 5) is 0. The molecule has 21 heavy (non-hydrogen) atoms. The number of fused-ring (bicyclic) bond motifs is 1. The Hall–Kier alpha value is -2.34. The highest BCUT2D eigenvalue weighted by Crippen LogP contribution is 2.49. The van der Waals surface area contributed by atoms with Gasteiger partial charge in [0.15, 0.2) is 0 Å². The van der Waals surface area contributed by atoms with E-state index < -0.39 is 0 Å². The standard InChI is InChI=1S/C20H16O/c1-11-12(2)17-9-6-10-18-14(4)13(3)16-8-5-7-15(11)19(16)20(17)21-18/h5-6,9-10,18,20H,1-4,8H2. The zero-order valence-electron chi connectivity index (χ0n) is 11.9. The number of ether oxygens (including phenoxy) is 1. The van der Waals surface area contributed by atoms with Crippen molar-refractivity contribution in [3.8, 4) is 0 Å². The second-order valence-corrected chi connectivity index (χ2v) is 5.72. The van der Waals surface area contributed by atoms with Crippen LogP contribution >= 0.6 is 0 Å². The van der Waals surface area contributed by atoms with Gasteiger partial charge in [-0.3, -0.25) is 0 Å². The van der Waals surface area contributed by atoms with Crippen LogP contribution in [0.3, 0.4) is 0 Å². The average molecular weight is 272 g/mol. The molecular formula is C20H16O. The third kappa shape index (κ3) is 1.50. The van der Waals surface area contributed by atoms with Crippen LogP contribution in [0.4, 0.5) is 0 Å². The molecule has 0 aromatic carbocycles. The van der Waals surface area contributed by atoms with Crippen molar-refractivity contribution in [2.45, 2.75) is 18.6 Å². The maximum Gasteiger partial charge on any atom is 0.111 e. The summed E-state index contributed by atoms with van der Waals surface area (Å²) in [5.41, 5.74) is 11.6. The van der Waals surface area contributed by atoms with Crippen molar-refractivity contribution >= 4 is 0 Å². The highest BCUT2D eigenvalue weighted by molar-refractivity contribution is 5.74. The lowest BCUT2D eigenvalue weighted by Gasteiger charge is -2.34. The van der Waals surface area contributed by atoms with E-state index in [0.29, 0.717) is 0 Å². The van der Waals surface area contributed by atoms with Gasteiger partial charge >= 0.3 is 0 Å². The molecule has 4 rings (SSSR count). The minimum atomic E-state index is -0.137. The average Bonchev–Trinajstić information content (AvgIpc) is 2.78. The maximum absolute atomic E-state index is 6.33. The van der Waals surface area contributed by atoms with Gasteiger partial charge in [0.2, 0.25) is 0 Å². The molecule has 1 heteroatoms. The van der Waals surface area contributed by atoms with Crippen LogP contribution in [0.15, 0.2) is 101 Å². The molecule has 0 radical (unpaired) electrons. The van der Waals surface area contributed by atoms with Crippen molar-refractivity contribution in [2.24, 2.45) is 0 Å². The van der Waals surface area contributed by atoms with Gasteiger partial charge < -0.3 is 4.74 Å². The molecule has 0 N–H and O–H groups in total. The number of hydrogen-bond donors (Lipinski definition) is 0. The van der Waals surface area contributed by atoms with E-state index in [0.717, 1.165) is 45.4 Å². The van der Waals surface area contributed by atoms with Crippen LogP contribution in [0.2, 0.25) is 0 Å². The molecule has 2 aliphatic carbocycles. The monoisotopic (exact) mass is 272 g/mol. The van der Waals surface area contributed by atoms with E-state index >= 15 is 0 Å². The van der Waals surface area contributed by atoms with Crippen molar-refractivity contribution in [3.63, 3.8) is 0 Å². The third-order valence-electron chi connectivity index (χ3n) is 4.65. The van der Waals surface area contributed by atoms with E-state index in [-0.39, 0.29) is 12.2 Å². The molecule has 1 nitrogen and oxygen atoms in total. The fourth-order valence-electron chi connectivity index (χ4n) is 3.40. The topological polar surface area (TPSA) is 9.23 Å². The van der Waals surface area contributed by atoms with Crippen LogP contribution in [-0.2, 0) is 4.74 Å². The van der Waals surface area contributed by atoms with E-state index in [2.05, 4.69) is 38.1 Å². The second-order valence-electron chi connectivity index (χ2n) is 5.72. The van der Waals surface area contributed by atoms with E-state index in [1.54, 1.807) is 0 Å². The van der Waals surface area contributed by atoms with Crippen LogP contribution in [0.1, 0.15) is 6.42 Å². The van der Waals surface area contributed by atoms with Gasteiger partial charge in [-0.25, -0.2) is 0 Å². The zero-order chi connectivity index (χ0) is 14.7. The van der Waals surface area contributed by atoms with E-state index in [9.17, 15) is 0 Å². The molecular weight excluding hydrogens is 256 g/mol. The zero-order valence-corrected chi connectivity index (χ0v) is 11.9. The van der Waals surface area contributed by atoms with Gasteiger partial charge in [0.05, 0.1) is 0 Å². The van der Waals surface area contributed by atoms with Gasteiger partial charge in [-0.2, -0.15) is 0 Å². The summed E-state index contributed by atoms with van der Waals surface area (Å²) in [5.74, 6) is 0. The Balaban J connectivity index is 2.07. The first-order chi connectivity index (χ1) is 10.1. The van der Waals surface area contributed by atoms with Crippen molar-refractivity contribution < 1.29 is 4.74 Å². The Morgan fingerprint density at radius 3 is 2.71 bits per heavy atom. The van der Waals surface area contributed by atoms with Gasteiger partial charge in [0.1, 0.15) is 12.2 Å². The summed E-state index contributed by atoms with van der Waals surface area (Å²) in [5, 5.41) is 0.